The number of aryl methyl sites for hydroxylation is 1. The molecule has 9 heteroatoms. The van der Waals surface area contributed by atoms with Crippen molar-refractivity contribution in [2.24, 2.45) is 5.73 Å². The predicted molar refractivity (Wildman–Crippen MR) is 107 cm³/mol. The highest BCUT2D eigenvalue weighted by atomic mass is 19.4. The summed E-state index contributed by atoms with van der Waals surface area (Å²) in [5.74, 6) is 1.10. The molecular weight excluding hydrogens is 381 g/mol. The first-order valence-electron chi connectivity index (χ1n) is 9.91. The van der Waals surface area contributed by atoms with Crippen LogP contribution in [0.25, 0.3) is 11.4 Å². The molecule has 1 aromatic carbocycles. The summed E-state index contributed by atoms with van der Waals surface area (Å²) in [5.41, 5.74) is 19.4. The van der Waals surface area contributed by atoms with E-state index in [9.17, 15) is 13.2 Å². The van der Waals surface area contributed by atoms with Gasteiger partial charge in [-0.15, -0.1) is 0 Å². The molecule has 0 amide bonds. The smallest absolute Gasteiger partial charge is 0.398 e. The van der Waals surface area contributed by atoms with Crippen molar-refractivity contribution in [2.75, 3.05) is 29.5 Å². The van der Waals surface area contributed by atoms with Gasteiger partial charge in [0.15, 0.2) is 5.82 Å². The van der Waals surface area contributed by atoms with Crippen LogP contribution in [-0.4, -0.2) is 29.1 Å². The lowest BCUT2D eigenvalue weighted by atomic mass is 9.94. The molecule has 1 fully saturated rings. The van der Waals surface area contributed by atoms with Gasteiger partial charge in [-0.25, -0.2) is 9.97 Å². The molecule has 1 aromatic heterocycles. The van der Waals surface area contributed by atoms with Crippen molar-refractivity contribution >= 4 is 17.2 Å². The van der Waals surface area contributed by atoms with E-state index in [1.807, 2.05) is 0 Å². The summed E-state index contributed by atoms with van der Waals surface area (Å²) in [4.78, 5) is 11.6. The molecule has 4 rings (SSSR count). The zero-order valence-corrected chi connectivity index (χ0v) is 16.1. The number of hydrogen-bond acceptors (Lipinski definition) is 6. The van der Waals surface area contributed by atoms with E-state index in [4.69, 9.17) is 22.2 Å². The number of nitrogen functional groups attached to an aromatic ring is 2. The summed E-state index contributed by atoms with van der Waals surface area (Å²) in [6.45, 7) is 1.54. The fourth-order valence-electron chi connectivity index (χ4n) is 4.26. The van der Waals surface area contributed by atoms with E-state index >= 15 is 0 Å². The SMILES string of the molecule is Nc1cc(C(F)(F)F)cc(N)c1-c1nc2c(c(N3CCCC(N)C3)n1)CCCC2. The summed E-state index contributed by atoms with van der Waals surface area (Å²) in [6, 6.07) is 1.86. The largest absolute Gasteiger partial charge is 0.416 e. The van der Waals surface area contributed by atoms with Gasteiger partial charge in [-0.3, -0.25) is 0 Å². The van der Waals surface area contributed by atoms with Crippen molar-refractivity contribution in [1.82, 2.24) is 9.97 Å². The van der Waals surface area contributed by atoms with E-state index in [0.29, 0.717) is 6.54 Å². The maximum absolute atomic E-state index is 13.1. The minimum Gasteiger partial charge on any atom is -0.398 e. The van der Waals surface area contributed by atoms with Crippen molar-refractivity contribution in [2.45, 2.75) is 50.7 Å². The molecule has 29 heavy (non-hydrogen) atoms. The van der Waals surface area contributed by atoms with Gasteiger partial charge in [-0.1, -0.05) is 0 Å². The third-order valence-electron chi connectivity index (χ3n) is 5.67. The van der Waals surface area contributed by atoms with E-state index in [2.05, 4.69) is 9.88 Å². The zero-order valence-electron chi connectivity index (χ0n) is 16.1. The molecule has 0 saturated carbocycles. The first-order chi connectivity index (χ1) is 13.7. The number of nitrogens with two attached hydrogens (primary N) is 3. The minimum absolute atomic E-state index is 0.0719. The molecule has 6 nitrogen and oxygen atoms in total. The van der Waals surface area contributed by atoms with Crippen LogP contribution in [0.15, 0.2) is 12.1 Å². The van der Waals surface area contributed by atoms with Crippen molar-refractivity contribution in [3.8, 4) is 11.4 Å². The van der Waals surface area contributed by atoms with Gasteiger partial charge in [0.1, 0.15) is 5.82 Å². The van der Waals surface area contributed by atoms with Crippen molar-refractivity contribution in [3.05, 3.63) is 29.0 Å². The van der Waals surface area contributed by atoms with Gasteiger partial charge in [0, 0.05) is 41.8 Å². The normalized spacial score (nSPS) is 19.9. The third-order valence-corrected chi connectivity index (χ3v) is 5.67. The quantitative estimate of drug-likeness (QED) is 0.662. The second-order valence-electron chi connectivity index (χ2n) is 7.88. The monoisotopic (exact) mass is 406 g/mol. The molecule has 6 N–H and O–H groups in total. The number of piperidine rings is 1. The molecule has 0 radical (unpaired) electrons. The first kappa shape index (κ1) is 19.8. The predicted octanol–water partition coefficient (Wildman–Crippen LogP) is 3.13. The van der Waals surface area contributed by atoms with Crippen LogP contribution < -0.4 is 22.1 Å². The Bertz CT molecular complexity index is 904. The minimum atomic E-state index is -4.52. The summed E-state index contributed by atoms with van der Waals surface area (Å²) in [5, 5.41) is 0. The van der Waals surface area contributed by atoms with Crippen LogP contribution in [0, 0.1) is 0 Å². The Morgan fingerprint density at radius 1 is 1.00 bits per heavy atom. The number of fused-ring (bicyclic) bond motifs is 1. The van der Waals surface area contributed by atoms with Crippen LogP contribution in [0.1, 0.15) is 42.5 Å². The maximum atomic E-state index is 13.1. The molecule has 1 saturated heterocycles. The van der Waals surface area contributed by atoms with Gasteiger partial charge >= 0.3 is 6.18 Å². The number of hydrogen-bond donors (Lipinski definition) is 3. The van der Waals surface area contributed by atoms with Crippen molar-refractivity contribution < 1.29 is 13.2 Å². The average Bonchev–Trinajstić information content (AvgIpc) is 2.66. The summed E-state index contributed by atoms with van der Waals surface area (Å²) in [6.07, 6.45) is 1.18. The molecule has 1 aliphatic carbocycles. The number of halogens is 3. The number of aromatic nitrogens is 2. The Labute approximate surface area is 167 Å². The average molecular weight is 406 g/mol. The van der Waals surface area contributed by atoms with Crippen molar-refractivity contribution in [3.63, 3.8) is 0 Å². The summed E-state index contributed by atoms with van der Waals surface area (Å²) >= 11 is 0. The van der Waals surface area contributed by atoms with Gasteiger partial charge in [0.05, 0.1) is 11.1 Å². The highest BCUT2D eigenvalue weighted by molar-refractivity contribution is 5.84. The lowest BCUT2D eigenvalue weighted by Crippen LogP contribution is -2.44. The number of alkyl halides is 3. The number of rotatable bonds is 2. The standard InChI is InChI=1S/C20H25F3N6/c21-20(22,23)11-8-14(25)17(15(26)9-11)18-27-16-6-2-1-5-13(16)19(28-18)29-7-3-4-12(24)10-29/h8-9,12H,1-7,10,24-26H2. The van der Waals surface area contributed by atoms with Gasteiger partial charge in [0.2, 0.25) is 0 Å². The highest BCUT2D eigenvalue weighted by Gasteiger charge is 2.33. The van der Waals surface area contributed by atoms with Crippen LogP contribution >= 0.6 is 0 Å². The van der Waals surface area contributed by atoms with Gasteiger partial charge in [0.25, 0.3) is 0 Å². The molecular formula is C20H25F3N6. The van der Waals surface area contributed by atoms with E-state index in [1.54, 1.807) is 0 Å². The number of nitrogens with zero attached hydrogens (tertiary/aromatic N) is 3. The van der Waals surface area contributed by atoms with E-state index in [1.165, 1.54) is 0 Å². The van der Waals surface area contributed by atoms with Crippen LogP contribution in [-0.2, 0) is 19.0 Å². The number of benzene rings is 1. The molecule has 2 aromatic rings. The fourth-order valence-corrected chi connectivity index (χ4v) is 4.26. The Kier molecular flexibility index (Phi) is 5.02. The second-order valence-corrected chi connectivity index (χ2v) is 7.88. The van der Waals surface area contributed by atoms with Gasteiger partial charge in [-0.2, -0.15) is 13.2 Å². The molecule has 156 valence electrons. The first-order valence-corrected chi connectivity index (χ1v) is 9.91. The van der Waals surface area contributed by atoms with Crippen molar-refractivity contribution in [1.29, 1.82) is 0 Å². The topological polar surface area (TPSA) is 107 Å². The second kappa shape index (κ2) is 7.37. The lowest BCUT2D eigenvalue weighted by molar-refractivity contribution is -0.137. The van der Waals surface area contributed by atoms with Gasteiger partial charge in [-0.05, 0) is 50.7 Å². The number of anilines is 3. The van der Waals surface area contributed by atoms with E-state index in [-0.39, 0.29) is 28.8 Å². The van der Waals surface area contributed by atoms with E-state index < -0.39 is 11.7 Å². The summed E-state index contributed by atoms with van der Waals surface area (Å²) in [7, 11) is 0. The molecule has 0 bridgehead atoms. The summed E-state index contributed by atoms with van der Waals surface area (Å²) < 4.78 is 39.3. The lowest BCUT2D eigenvalue weighted by Gasteiger charge is -2.34. The van der Waals surface area contributed by atoms with Crippen LogP contribution in [0.2, 0.25) is 0 Å². The van der Waals surface area contributed by atoms with Gasteiger partial charge < -0.3 is 22.1 Å². The Hall–Kier alpha value is -2.55. The van der Waals surface area contributed by atoms with Crippen LogP contribution in [0.3, 0.4) is 0 Å². The Morgan fingerprint density at radius 2 is 1.69 bits per heavy atom. The van der Waals surface area contributed by atoms with Crippen LogP contribution in [0.4, 0.5) is 30.4 Å². The molecule has 2 aliphatic rings. The maximum Gasteiger partial charge on any atom is 0.416 e. The molecule has 0 spiro atoms. The Morgan fingerprint density at radius 3 is 2.34 bits per heavy atom. The fraction of sp³-hybridized carbons (Fsp3) is 0.500. The molecule has 1 unspecified atom stereocenters. The molecule has 1 aliphatic heterocycles. The third kappa shape index (κ3) is 3.83. The zero-order chi connectivity index (χ0) is 20.8. The van der Waals surface area contributed by atoms with Crippen LogP contribution in [0.5, 0.6) is 0 Å². The molecule has 2 heterocycles. The highest BCUT2D eigenvalue weighted by Crippen LogP contribution is 2.39. The Balaban J connectivity index is 1.84. The van der Waals surface area contributed by atoms with E-state index in [0.717, 1.165) is 74.3 Å². The molecule has 1 atom stereocenters.